The molecule has 0 radical (unpaired) electrons. The molecule has 2 aliphatic rings. The van der Waals surface area contributed by atoms with Crippen LogP contribution in [0.1, 0.15) is 36.7 Å². The van der Waals surface area contributed by atoms with Crippen molar-refractivity contribution in [1.82, 2.24) is 14.7 Å². The van der Waals surface area contributed by atoms with Crippen molar-refractivity contribution in [3.05, 3.63) is 17.0 Å². The molecular formula is C17H27N3O3. The Morgan fingerprint density at radius 1 is 1.39 bits per heavy atom. The van der Waals surface area contributed by atoms with Crippen LogP contribution in [0.3, 0.4) is 0 Å². The van der Waals surface area contributed by atoms with Gasteiger partial charge in [0, 0.05) is 18.8 Å². The molecular weight excluding hydrogens is 294 g/mol. The number of hydrogen-bond acceptors (Lipinski definition) is 4. The molecule has 0 bridgehead atoms. The molecule has 0 aromatic carbocycles. The molecule has 1 amide bonds. The zero-order valence-corrected chi connectivity index (χ0v) is 14.3. The summed E-state index contributed by atoms with van der Waals surface area (Å²) in [5, 5.41) is 13.9. The zero-order valence-electron chi connectivity index (χ0n) is 14.3. The van der Waals surface area contributed by atoms with Gasteiger partial charge < -0.3 is 14.7 Å². The van der Waals surface area contributed by atoms with Gasteiger partial charge in [0.25, 0.3) is 0 Å². The van der Waals surface area contributed by atoms with E-state index in [4.69, 9.17) is 4.74 Å². The van der Waals surface area contributed by atoms with E-state index in [1.807, 2.05) is 23.4 Å². The molecule has 3 atom stereocenters. The Kier molecular flexibility index (Phi) is 4.73. The van der Waals surface area contributed by atoms with Gasteiger partial charge in [0.15, 0.2) is 0 Å². The van der Waals surface area contributed by atoms with Crippen LogP contribution in [0.4, 0.5) is 0 Å². The number of hydrogen-bond donors (Lipinski definition) is 1. The number of amides is 1. The number of aliphatic hydroxyl groups is 1. The number of aryl methyl sites for hydroxylation is 1. The second-order valence-electron chi connectivity index (χ2n) is 6.74. The second-order valence-corrected chi connectivity index (χ2v) is 6.74. The number of morpholine rings is 1. The van der Waals surface area contributed by atoms with Gasteiger partial charge in [-0.1, -0.05) is 6.92 Å². The van der Waals surface area contributed by atoms with Crippen molar-refractivity contribution >= 4 is 5.91 Å². The van der Waals surface area contributed by atoms with Crippen LogP contribution in [-0.2, 0) is 22.5 Å². The van der Waals surface area contributed by atoms with Crippen molar-refractivity contribution < 1.29 is 14.6 Å². The lowest BCUT2D eigenvalue weighted by Crippen LogP contribution is -2.52. The van der Waals surface area contributed by atoms with Gasteiger partial charge in [-0.25, -0.2) is 0 Å². The molecule has 1 aromatic heterocycles. The first-order valence-corrected chi connectivity index (χ1v) is 8.59. The van der Waals surface area contributed by atoms with E-state index in [1.54, 1.807) is 0 Å². The average Bonchev–Trinajstić information content (AvgIpc) is 3.07. The van der Waals surface area contributed by atoms with Crippen LogP contribution in [-0.4, -0.2) is 57.6 Å². The summed E-state index contributed by atoms with van der Waals surface area (Å²) in [5.74, 6) is 0.355. The van der Waals surface area contributed by atoms with E-state index >= 15 is 0 Å². The summed E-state index contributed by atoms with van der Waals surface area (Å²) in [6, 6.07) is 0.107. The van der Waals surface area contributed by atoms with Crippen LogP contribution in [0.25, 0.3) is 0 Å². The number of carbonyl (C=O) groups is 1. The highest BCUT2D eigenvalue weighted by atomic mass is 16.5. The van der Waals surface area contributed by atoms with Crippen LogP contribution in [0, 0.1) is 19.8 Å². The number of carbonyl (C=O) groups excluding carboxylic acids is 1. The van der Waals surface area contributed by atoms with Crippen LogP contribution in [0.15, 0.2) is 0 Å². The zero-order chi connectivity index (χ0) is 16.6. The van der Waals surface area contributed by atoms with E-state index < -0.39 is 0 Å². The van der Waals surface area contributed by atoms with Crippen LogP contribution in [0.5, 0.6) is 0 Å². The van der Waals surface area contributed by atoms with E-state index in [0.29, 0.717) is 19.7 Å². The fraction of sp³-hybridized carbons (Fsp3) is 0.765. The first kappa shape index (κ1) is 16.5. The summed E-state index contributed by atoms with van der Waals surface area (Å²) in [7, 11) is 0. The molecule has 23 heavy (non-hydrogen) atoms. The largest absolute Gasteiger partial charge is 0.396 e. The highest BCUT2D eigenvalue weighted by Gasteiger charge is 2.42. The summed E-state index contributed by atoms with van der Waals surface area (Å²) in [6.07, 6.45) is 2.71. The Bertz CT molecular complexity index is 584. The Balaban J connectivity index is 1.73. The van der Waals surface area contributed by atoms with E-state index in [-0.39, 0.29) is 30.6 Å². The third-order valence-electron chi connectivity index (χ3n) is 5.38. The highest BCUT2D eigenvalue weighted by Crippen LogP contribution is 2.34. The number of aliphatic hydroxyl groups excluding tert-OH is 1. The first-order valence-electron chi connectivity index (χ1n) is 8.59. The van der Waals surface area contributed by atoms with Crippen molar-refractivity contribution in [3.8, 4) is 0 Å². The lowest BCUT2D eigenvalue weighted by molar-refractivity contribution is -0.144. The van der Waals surface area contributed by atoms with Gasteiger partial charge in [0.1, 0.15) is 6.54 Å². The number of ether oxygens (including phenoxy) is 1. The summed E-state index contributed by atoms with van der Waals surface area (Å²) in [6.45, 7) is 7.84. The van der Waals surface area contributed by atoms with Gasteiger partial charge in [0.2, 0.25) is 5.91 Å². The molecule has 1 saturated heterocycles. The van der Waals surface area contributed by atoms with Crippen molar-refractivity contribution in [2.24, 2.45) is 5.92 Å². The van der Waals surface area contributed by atoms with Gasteiger partial charge in [-0.2, -0.15) is 5.10 Å². The fourth-order valence-electron chi connectivity index (χ4n) is 4.13. The summed E-state index contributed by atoms with van der Waals surface area (Å²) in [5.41, 5.74) is 3.33. The van der Waals surface area contributed by atoms with Gasteiger partial charge in [-0.15, -0.1) is 0 Å². The van der Waals surface area contributed by atoms with Crippen molar-refractivity contribution in [1.29, 1.82) is 0 Å². The minimum atomic E-state index is 0.0801. The summed E-state index contributed by atoms with van der Waals surface area (Å²) >= 11 is 0. The van der Waals surface area contributed by atoms with Crippen LogP contribution in [0.2, 0.25) is 0 Å². The highest BCUT2D eigenvalue weighted by molar-refractivity contribution is 5.76. The number of aromatic nitrogens is 2. The summed E-state index contributed by atoms with van der Waals surface area (Å²) in [4.78, 5) is 14.8. The Hall–Kier alpha value is -1.40. The van der Waals surface area contributed by atoms with Crippen molar-refractivity contribution in [2.75, 3.05) is 19.8 Å². The lowest BCUT2D eigenvalue weighted by Gasteiger charge is -2.37. The minimum absolute atomic E-state index is 0.0801. The molecule has 2 heterocycles. The van der Waals surface area contributed by atoms with E-state index in [1.165, 1.54) is 5.56 Å². The maximum Gasteiger partial charge on any atom is 0.244 e. The monoisotopic (exact) mass is 321 g/mol. The third kappa shape index (κ3) is 3.02. The molecule has 1 aliphatic carbocycles. The van der Waals surface area contributed by atoms with E-state index in [0.717, 1.165) is 30.7 Å². The molecule has 2 fully saturated rings. The average molecular weight is 321 g/mol. The Morgan fingerprint density at radius 3 is 2.83 bits per heavy atom. The molecule has 1 aromatic rings. The lowest BCUT2D eigenvalue weighted by atomic mass is 10.1. The molecule has 3 rings (SSSR count). The smallest absolute Gasteiger partial charge is 0.244 e. The van der Waals surface area contributed by atoms with Crippen LogP contribution >= 0.6 is 0 Å². The Morgan fingerprint density at radius 2 is 2.17 bits per heavy atom. The van der Waals surface area contributed by atoms with E-state index in [9.17, 15) is 9.90 Å². The van der Waals surface area contributed by atoms with Gasteiger partial charge >= 0.3 is 0 Å². The van der Waals surface area contributed by atoms with Gasteiger partial charge in [0.05, 0.1) is 24.4 Å². The molecule has 6 heteroatoms. The van der Waals surface area contributed by atoms with E-state index in [2.05, 4.69) is 12.0 Å². The molecule has 0 spiro atoms. The van der Waals surface area contributed by atoms with Crippen molar-refractivity contribution in [2.45, 2.75) is 58.7 Å². The minimum Gasteiger partial charge on any atom is -0.396 e. The molecule has 1 N–H and O–H groups in total. The predicted octanol–water partition coefficient (Wildman–Crippen LogP) is 1.06. The second kappa shape index (κ2) is 6.61. The van der Waals surface area contributed by atoms with Crippen LogP contribution < -0.4 is 0 Å². The Labute approximate surface area is 137 Å². The molecule has 1 aliphatic heterocycles. The third-order valence-corrected chi connectivity index (χ3v) is 5.38. The maximum absolute atomic E-state index is 12.8. The van der Waals surface area contributed by atoms with Crippen molar-refractivity contribution in [3.63, 3.8) is 0 Å². The molecule has 1 unspecified atom stereocenters. The SMILES string of the molecule is CCc1c(C)nn(CC(=O)N2CCOC3C[C@H](CO)C[C@@H]32)c1C. The first-order chi connectivity index (χ1) is 11.0. The topological polar surface area (TPSA) is 67.6 Å². The molecule has 1 saturated carbocycles. The number of rotatable bonds is 4. The molecule has 6 nitrogen and oxygen atoms in total. The van der Waals surface area contributed by atoms with Gasteiger partial charge in [-0.05, 0) is 44.6 Å². The van der Waals surface area contributed by atoms with Gasteiger partial charge in [-0.3, -0.25) is 9.48 Å². The number of fused-ring (bicyclic) bond motifs is 1. The normalized spacial score (nSPS) is 27.3. The number of nitrogens with zero attached hydrogens (tertiary/aromatic N) is 3. The predicted molar refractivity (Wildman–Crippen MR) is 86.1 cm³/mol. The quantitative estimate of drug-likeness (QED) is 0.900. The molecule has 128 valence electrons. The summed E-state index contributed by atoms with van der Waals surface area (Å²) < 4.78 is 7.63. The standard InChI is InChI=1S/C17H27N3O3/c1-4-14-11(2)18-20(12(14)3)9-17(22)19-5-6-23-16-8-13(10-21)7-15(16)19/h13,15-16,21H,4-10H2,1-3H3/t13-,15+,16?/m1/s1. The fourth-order valence-corrected chi connectivity index (χ4v) is 4.13. The maximum atomic E-state index is 12.8.